The van der Waals surface area contributed by atoms with E-state index in [0.717, 1.165) is 23.8 Å². The molecule has 9 heteroatoms. The van der Waals surface area contributed by atoms with Gasteiger partial charge in [0.15, 0.2) is 0 Å². The number of aromatic nitrogens is 3. The minimum atomic E-state index is -0.276. The molecule has 4 aromatic rings. The van der Waals surface area contributed by atoms with Crippen molar-refractivity contribution in [2.24, 2.45) is 0 Å². The number of hydrogen-bond acceptors (Lipinski definition) is 6. The molecule has 2 aromatic heterocycles. The number of benzene rings is 2. The zero-order valence-corrected chi connectivity index (χ0v) is 21.3. The predicted octanol–water partition coefficient (Wildman–Crippen LogP) is 5.19. The molecule has 1 fully saturated rings. The summed E-state index contributed by atoms with van der Waals surface area (Å²) in [6.07, 6.45) is 2.96. The first-order chi connectivity index (χ1) is 18.0. The number of hydrogen-bond donors (Lipinski definition) is 1. The topological polar surface area (TPSA) is 89.4 Å². The molecule has 1 aliphatic heterocycles. The summed E-state index contributed by atoms with van der Waals surface area (Å²) in [7, 11) is 0. The van der Waals surface area contributed by atoms with Gasteiger partial charge in [-0.1, -0.05) is 60.1 Å². The van der Waals surface area contributed by atoms with Crippen LogP contribution in [0.4, 0.5) is 10.7 Å². The first kappa shape index (κ1) is 24.8. The van der Waals surface area contributed by atoms with Crippen LogP contribution in [0.3, 0.4) is 0 Å². The van der Waals surface area contributed by atoms with Crippen LogP contribution in [0, 0.1) is 0 Å². The normalized spacial score (nSPS) is 14.1. The molecule has 0 saturated carbocycles. The van der Waals surface area contributed by atoms with Crippen molar-refractivity contribution in [1.29, 1.82) is 0 Å². The van der Waals surface area contributed by atoms with Gasteiger partial charge in [0.25, 0.3) is 5.56 Å². The van der Waals surface area contributed by atoms with Crippen LogP contribution < -0.4 is 10.9 Å². The maximum Gasteiger partial charge on any atom is 0.409 e. The molecule has 1 aliphatic rings. The number of anilines is 1. The van der Waals surface area contributed by atoms with Crippen LogP contribution in [0.1, 0.15) is 25.3 Å². The van der Waals surface area contributed by atoms with Crippen LogP contribution in [0.2, 0.25) is 5.02 Å². The Morgan fingerprint density at radius 2 is 1.81 bits per heavy atom. The number of pyridine rings is 1. The number of nitrogens with zero attached hydrogens (tertiary/aromatic N) is 4. The van der Waals surface area contributed by atoms with Crippen molar-refractivity contribution in [3.05, 3.63) is 87.8 Å². The molecule has 1 amide bonds. The Balaban J connectivity index is 1.48. The third kappa shape index (κ3) is 5.44. The molecular weight excluding hydrogens is 490 g/mol. The quantitative estimate of drug-likeness (QED) is 0.378. The Labute approximate surface area is 219 Å². The molecule has 2 aromatic carbocycles. The molecule has 5 rings (SSSR count). The van der Waals surface area contributed by atoms with Gasteiger partial charge in [0.05, 0.1) is 13.2 Å². The van der Waals surface area contributed by atoms with Gasteiger partial charge >= 0.3 is 6.09 Å². The second-order valence-electron chi connectivity index (χ2n) is 8.99. The fourth-order valence-corrected chi connectivity index (χ4v) is 4.86. The standard InChI is InChI=1S/C28H28ClN5O3/c1-2-37-28(36)33-14-12-21(13-15-33)31-27-30-17-20-16-23(22-10-6-7-11-24(22)29)26(35)34(25(20)32-27)18-19-8-4-3-5-9-19/h3-11,16-17,21H,2,12-15,18H2,1H3,(H,30,31,32). The molecule has 1 saturated heterocycles. The van der Waals surface area contributed by atoms with Crippen molar-refractivity contribution >= 4 is 34.7 Å². The van der Waals surface area contributed by atoms with E-state index in [0.29, 0.717) is 54.0 Å². The van der Waals surface area contributed by atoms with Crippen molar-refractivity contribution in [2.45, 2.75) is 32.4 Å². The number of halogens is 1. The Bertz CT molecular complexity index is 1470. The Hall–Kier alpha value is -3.91. The molecule has 190 valence electrons. The lowest BCUT2D eigenvalue weighted by Crippen LogP contribution is -2.42. The van der Waals surface area contributed by atoms with Crippen LogP contribution in [0.5, 0.6) is 0 Å². The molecule has 0 bridgehead atoms. The number of nitrogens with one attached hydrogen (secondary N) is 1. The van der Waals surface area contributed by atoms with Gasteiger partial charge < -0.3 is 15.0 Å². The number of rotatable bonds is 6. The second-order valence-corrected chi connectivity index (χ2v) is 9.40. The highest BCUT2D eigenvalue weighted by molar-refractivity contribution is 6.33. The van der Waals surface area contributed by atoms with Crippen LogP contribution in [-0.2, 0) is 11.3 Å². The van der Waals surface area contributed by atoms with Crippen molar-refractivity contribution in [2.75, 3.05) is 25.0 Å². The lowest BCUT2D eigenvalue weighted by Gasteiger charge is -2.31. The van der Waals surface area contributed by atoms with Crippen molar-refractivity contribution < 1.29 is 9.53 Å². The lowest BCUT2D eigenvalue weighted by atomic mass is 10.1. The van der Waals surface area contributed by atoms with Gasteiger partial charge in [-0.2, -0.15) is 4.98 Å². The first-order valence-electron chi connectivity index (χ1n) is 12.4. The number of likely N-dealkylation sites (tertiary alicyclic amines) is 1. The molecular formula is C28H28ClN5O3. The largest absolute Gasteiger partial charge is 0.450 e. The number of piperidine rings is 1. The van der Waals surface area contributed by atoms with E-state index in [9.17, 15) is 9.59 Å². The summed E-state index contributed by atoms with van der Waals surface area (Å²) in [6, 6.07) is 19.1. The summed E-state index contributed by atoms with van der Waals surface area (Å²) in [5.74, 6) is 0.453. The van der Waals surface area contributed by atoms with Gasteiger partial charge in [0.2, 0.25) is 5.95 Å². The van der Waals surface area contributed by atoms with E-state index in [1.807, 2.05) is 54.6 Å². The lowest BCUT2D eigenvalue weighted by molar-refractivity contribution is 0.0983. The van der Waals surface area contributed by atoms with Gasteiger partial charge in [-0.15, -0.1) is 0 Å². The Morgan fingerprint density at radius 1 is 1.08 bits per heavy atom. The maximum absolute atomic E-state index is 13.8. The molecule has 0 spiro atoms. The number of fused-ring (bicyclic) bond motifs is 1. The highest BCUT2D eigenvalue weighted by Crippen LogP contribution is 2.28. The van der Waals surface area contributed by atoms with Crippen LogP contribution in [-0.4, -0.2) is 51.3 Å². The number of amides is 1. The van der Waals surface area contributed by atoms with Crippen LogP contribution in [0.25, 0.3) is 22.2 Å². The summed E-state index contributed by atoms with van der Waals surface area (Å²) in [4.78, 5) is 36.8. The summed E-state index contributed by atoms with van der Waals surface area (Å²) < 4.78 is 6.79. The first-order valence-corrected chi connectivity index (χ1v) is 12.8. The van der Waals surface area contributed by atoms with Crippen molar-refractivity contribution in [1.82, 2.24) is 19.4 Å². The van der Waals surface area contributed by atoms with Gasteiger partial charge in [0, 0.05) is 46.9 Å². The zero-order valence-electron chi connectivity index (χ0n) is 20.6. The van der Waals surface area contributed by atoms with E-state index in [4.69, 9.17) is 21.3 Å². The molecule has 1 N–H and O–H groups in total. The minimum Gasteiger partial charge on any atom is -0.450 e. The summed E-state index contributed by atoms with van der Waals surface area (Å²) >= 11 is 6.45. The van der Waals surface area contributed by atoms with E-state index in [2.05, 4.69) is 10.3 Å². The highest BCUT2D eigenvalue weighted by Gasteiger charge is 2.24. The SMILES string of the molecule is CCOC(=O)N1CCC(Nc2ncc3cc(-c4ccccc4Cl)c(=O)n(Cc4ccccc4)c3n2)CC1. The van der Waals surface area contributed by atoms with Crippen molar-refractivity contribution in [3.63, 3.8) is 0 Å². The van der Waals surface area contributed by atoms with Gasteiger partial charge in [-0.3, -0.25) is 9.36 Å². The summed E-state index contributed by atoms with van der Waals surface area (Å²) in [6.45, 7) is 3.74. The predicted molar refractivity (Wildman–Crippen MR) is 145 cm³/mol. The number of carbonyl (C=O) groups excluding carboxylic acids is 1. The van der Waals surface area contributed by atoms with Gasteiger partial charge in [-0.05, 0) is 37.5 Å². The van der Waals surface area contributed by atoms with Gasteiger partial charge in [-0.25, -0.2) is 9.78 Å². The molecule has 0 aliphatic carbocycles. The molecule has 0 radical (unpaired) electrons. The highest BCUT2D eigenvalue weighted by atomic mass is 35.5. The molecule has 3 heterocycles. The maximum atomic E-state index is 13.8. The third-order valence-corrected chi connectivity index (χ3v) is 6.86. The fraction of sp³-hybridized carbons (Fsp3) is 0.286. The molecule has 8 nitrogen and oxygen atoms in total. The van der Waals surface area contributed by atoms with Crippen molar-refractivity contribution in [3.8, 4) is 11.1 Å². The monoisotopic (exact) mass is 517 g/mol. The van der Waals surface area contributed by atoms with E-state index in [-0.39, 0.29) is 17.7 Å². The van der Waals surface area contributed by atoms with E-state index in [1.165, 1.54) is 0 Å². The molecule has 0 unspecified atom stereocenters. The van der Waals surface area contributed by atoms with E-state index in [1.54, 1.807) is 28.7 Å². The average molecular weight is 518 g/mol. The molecule has 0 atom stereocenters. The summed E-state index contributed by atoms with van der Waals surface area (Å²) in [5.41, 5.74) is 2.54. The zero-order chi connectivity index (χ0) is 25.8. The fourth-order valence-electron chi connectivity index (χ4n) is 4.62. The second kappa shape index (κ2) is 11.0. The van der Waals surface area contributed by atoms with E-state index >= 15 is 0 Å². The average Bonchev–Trinajstić information content (AvgIpc) is 2.92. The van der Waals surface area contributed by atoms with E-state index < -0.39 is 0 Å². The van der Waals surface area contributed by atoms with Gasteiger partial charge in [0.1, 0.15) is 5.65 Å². The summed E-state index contributed by atoms with van der Waals surface area (Å²) in [5, 5.41) is 4.65. The van der Waals surface area contributed by atoms with Crippen LogP contribution in [0.15, 0.2) is 71.7 Å². The number of ether oxygens (including phenoxy) is 1. The molecule has 37 heavy (non-hydrogen) atoms. The van der Waals surface area contributed by atoms with Crippen LogP contribution >= 0.6 is 11.6 Å². The third-order valence-electron chi connectivity index (χ3n) is 6.53. The minimum absolute atomic E-state index is 0.111. The smallest absolute Gasteiger partial charge is 0.409 e. The Morgan fingerprint density at radius 3 is 2.54 bits per heavy atom. The number of carbonyl (C=O) groups is 1. The Kier molecular flexibility index (Phi) is 7.37.